The van der Waals surface area contributed by atoms with Crippen LogP contribution in [0.4, 0.5) is 13.2 Å². The van der Waals surface area contributed by atoms with Crippen LogP contribution in [0.1, 0.15) is 11.0 Å². The molecule has 27 heavy (non-hydrogen) atoms. The fourth-order valence-electron chi connectivity index (χ4n) is 2.03. The van der Waals surface area contributed by atoms with Gasteiger partial charge in [0.05, 0.1) is 4.90 Å². The quantitative estimate of drug-likeness (QED) is 0.685. The number of benzene rings is 2. The summed E-state index contributed by atoms with van der Waals surface area (Å²) in [6.45, 7) is 0. The van der Waals surface area contributed by atoms with Crippen LogP contribution in [0.3, 0.4) is 0 Å². The molecule has 0 fully saturated rings. The van der Waals surface area contributed by atoms with Gasteiger partial charge >= 0.3 is 6.36 Å². The van der Waals surface area contributed by atoms with Crippen LogP contribution in [0.5, 0.6) is 5.75 Å². The molecule has 2 aromatic rings. The van der Waals surface area contributed by atoms with Crippen molar-refractivity contribution in [1.82, 2.24) is 4.89 Å². The molecule has 1 unspecified atom stereocenters. The molecule has 0 aliphatic rings. The standard InChI is InChI=1S/C15H14F3NO6S2/c1-26(20,21)14(12-9-5-6-10-13(12)24-15(16,17)18)25-19-27(22,23)11-7-3-2-4-8-11/h2-10,14,19H,1H3. The summed E-state index contributed by atoms with van der Waals surface area (Å²) in [5.41, 5.74) is -2.59. The largest absolute Gasteiger partial charge is 0.573 e. The zero-order valence-electron chi connectivity index (χ0n) is 13.7. The molecule has 0 amide bonds. The van der Waals surface area contributed by atoms with Crippen molar-refractivity contribution in [2.75, 3.05) is 6.26 Å². The smallest absolute Gasteiger partial charge is 0.405 e. The van der Waals surface area contributed by atoms with Gasteiger partial charge in [-0.1, -0.05) is 41.3 Å². The van der Waals surface area contributed by atoms with E-state index in [1.54, 1.807) is 11.0 Å². The summed E-state index contributed by atoms with van der Waals surface area (Å²) in [5, 5.41) is 0. The zero-order chi connectivity index (χ0) is 20.3. The Hall–Kier alpha value is -2.15. The topological polar surface area (TPSA) is 98.8 Å². The Morgan fingerprint density at radius 1 is 0.926 bits per heavy atom. The average Bonchev–Trinajstić information content (AvgIpc) is 2.54. The van der Waals surface area contributed by atoms with Crippen molar-refractivity contribution in [2.24, 2.45) is 0 Å². The first-order valence-corrected chi connectivity index (χ1v) is 10.6. The lowest BCUT2D eigenvalue weighted by Gasteiger charge is -2.20. The molecule has 0 spiro atoms. The second kappa shape index (κ2) is 7.84. The van der Waals surface area contributed by atoms with Gasteiger partial charge in [0, 0.05) is 11.8 Å². The highest BCUT2D eigenvalue weighted by molar-refractivity contribution is 7.91. The maximum Gasteiger partial charge on any atom is 0.573 e. The molecule has 0 aliphatic heterocycles. The van der Waals surface area contributed by atoms with Crippen LogP contribution in [-0.2, 0) is 24.7 Å². The molecule has 0 saturated carbocycles. The molecule has 7 nitrogen and oxygen atoms in total. The maximum atomic E-state index is 12.6. The number of rotatable bonds is 7. The van der Waals surface area contributed by atoms with Gasteiger partial charge in [-0.05, 0) is 18.2 Å². The summed E-state index contributed by atoms with van der Waals surface area (Å²) in [6.07, 6.45) is -4.40. The van der Waals surface area contributed by atoms with Gasteiger partial charge in [0.1, 0.15) is 5.75 Å². The Morgan fingerprint density at radius 2 is 1.48 bits per heavy atom. The van der Waals surface area contributed by atoms with Gasteiger partial charge in [-0.3, -0.25) is 4.84 Å². The maximum absolute atomic E-state index is 12.6. The van der Waals surface area contributed by atoms with E-state index in [0.717, 1.165) is 12.1 Å². The predicted molar refractivity (Wildman–Crippen MR) is 88.6 cm³/mol. The van der Waals surface area contributed by atoms with Crippen LogP contribution in [0.2, 0.25) is 0 Å². The molecule has 0 radical (unpaired) electrons. The monoisotopic (exact) mass is 425 g/mol. The first kappa shape index (κ1) is 21.2. The van der Waals surface area contributed by atoms with Crippen molar-refractivity contribution >= 4 is 19.9 Å². The zero-order valence-corrected chi connectivity index (χ0v) is 15.3. The van der Waals surface area contributed by atoms with E-state index in [0.29, 0.717) is 6.26 Å². The normalized spacial score (nSPS) is 13.9. The first-order valence-electron chi connectivity index (χ1n) is 7.16. The highest BCUT2D eigenvalue weighted by Gasteiger charge is 2.36. The van der Waals surface area contributed by atoms with E-state index in [1.165, 1.54) is 36.4 Å². The summed E-state index contributed by atoms with van der Waals surface area (Å²) in [4.78, 5) is 6.20. The second-order valence-electron chi connectivity index (χ2n) is 5.26. The van der Waals surface area contributed by atoms with Crippen LogP contribution >= 0.6 is 0 Å². The van der Waals surface area contributed by atoms with E-state index in [-0.39, 0.29) is 4.90 Å². The Labute approximate surface area is 153 Å². The minimum atomic E-state index is -5.08. The molecule has 0 bridgehead atoms. The lowest BCUT2D eigenvalue weighted by atomic mass is 10.2. The van der Waals surface area contributed by atoms with Crippen LogP contribution in [0, 0.1) is 0 Å². The fraction of sp³-hybridized carbons (Fsp3) is 0.200. The van der Waals surface area contributed by atoms with Gasteiger partial charge < -0.3 is 4.74 Å². The molecule has 0 aliphatic carbocycles. The van der Waals surface area contributed by atoms with E-state index in [4.69, 9.17) is 4.84 Å². The lowest BCUT2D eigenvalue weighted by Crippen LogP contribution is -2.30. The van der Waals surface area contributed by atoms with Crippen LogP contribution in [0.25, 0.3) is 0 Å². The van der Waals surface area contributed by atoms with E-state index in [9.17, 15) is 30.0 Å². The van der Waals surface area contributed by atoms with Gasteiger partial charge in [0.2, 0.25) is 5.44 Å². The first-order chi connectivity index (χ1) is 12.4. The number of hydrogen-bond donors (Lipinski definition) is 1. The van der Waals surface area contributed by atoms with Crippen LogP contribution in [-0.4, -0.2) is 29.5 Å². The van der Waals surface area contributed by atoms with E-state index in [1.807, 2.05) is 0 Å². The minimum Gasteiger partial charge on any atom is -0.405 e. The third kappa shape index (κ3) is 5.92. The number of sulfonamides is 1. The molecule has 1 atom stereocenters. The summed E-state index contributed by atoms with van der Waals surface area (Å²) >= 11 is 0. The van der Waals surface area contributed by atoms with Gasteiger partial charge in [-0.25, -0.2) is 16.8 Å². The highest BCUT2D eigenvalue weighted by Crippen LogP contribution is 2.34. The van der Waals surface area contributed by atoms with Gasteiger partial charge in [-0.2, -0.15) is 0 Å². The molecule has 12 heteroatoms. The summed E-state index contributed by atoms with van der Waals surface area (Å²) < 4.78 is 89.8. The predicted octanol–water partition coefficient (Wildman–Crippen LogP) is 2.54. The number of nitrogens with one attached hydrogen (secondary N) is 1. The molecule has 0 aromatic heterocycles. The molecular formula is C15H14F3NO6S2. The Morgan fingerprint density at radius 3 is 2.04 bits per heavy atom. The number of alkyl halides is 3. The van der Waals surface area contributed by atoms with Crippen molar-refractivity contribution in [3.63, 3.8) is 0 Å². The molecule has 148 valence electrons. The summed E-state index contributed by atoms with van der Waals surface area (Å²) in [6, 6.07) is 11.2. The number of hydrogen-bond acceptors (Lipinski definition) is 6. The highest BCUT2D eigenvalue weighted by atomic mass is 32.2. The van der Waals surface area contributed by atoms with Crippen LogP contribution in [0.15, 0.2) is 59.5 Å². The van der Waals surface area contributed by atoms with E-state index >= 15 is 0 Å². The third-order valence-electron chi connectivity index (χ3n) is 3.11. The Bertz CT molecular complexity index is 992. The molecular weight excluding hydrogens is 411 g/mol. The number of halogens is 3. The number of sulfone groups is 1. The number of para-hydroxylation sites is 1. The minimum absolute atomic E-state index is 0.225. The molecule has 2 aromatic carbocycles. The van der Waals surface area contributed by atoms with Gasteiger partial charge in [-0.15, -0.1) is 13.2 Å². The van der Waals surface area contributed by atoms with Gasteiger partial charge in [0.25, 0.3) is 10.0 Å². The third-order valence-corrected chi connectivity index (χ3v) is 5.44. The van der Waals surface area contributed by atoms with E-state index in [2.05, 4.69) is 4.74 Å². The van der Waals surface area contributed by atoms with Crippen molar-refractivity contribution < 1.29 is 39.6 Å². The van der Waals surface area contributed by atoms with Crippen molar-refractivity contribution in [3.8, 4) is 5.75 Å². The fourth-order valence-corrected chi connectivity index (χ4v) is 3.80. The lowest BCUT2D eigenvalue weighted by molar-refractivity contribution is -0.275. The molecule has 0 saturated heterocycles. The molecule has 2 rings (SSSR count). The van der Waals surface area contributed by atoms with Gasteiger partial charge in [0.15, 0.2) is 9.84 Å². The molecule has 0 heterocycles. The summed E-state index contributed by atoms with van der Waals surface area (Å²) in [5.74, 6) is -0.834. The second-order valence-corrected chi connectivity index (χ2v) is 9.00. The van der Waals surface area contributed by atoms with Crippen LogP contribution < -0.4 is 9.62 Å². The Kier molecular flexibility index (Phi) is 6.14. The van der Waals surface area contributed by atoms with Crippen molar-refractivity contribution in [2.45, 2.75) is 16.7 Å². The average molecular weight is 425 g/mol. The van der Waals surface area contributed by atoms with Crippen molar-refractivity contribution in [1.29, 1.82) is 0 Å². The SMILES string of the molecule is CS(=O)(=O)C(ONS(=O)(=O)c1ccccc1)c1ccccc1OC(F)(F)F. The van der Waals surface area contributed by atoms with E-state index < -0.39 is 43.0 Å². The number of ether oxygens (including phenoxy) is 1. The Balaban J connectivity index is 2.36. The summed E-state index contributed by atoms with van der Waals surface area (Å²) in [7, 11) is -8.47. The van der Waals surface area contributed by atoms with Crippen molar-refractivity contribution in [3.05, 3.63) is 60.2 Å². The molecule has 1 N–H and O–H groups in total.